The summed E-state index contributed by atoms with van der Waals surface area (Å²) in [5.41, 5.74) is 0. The molecule has 1 amide bonds. The van der Waals surface area contributed by atoms with E-state index in [9.17, 15) is 9.90 Å². The number of rotatable bonds is 4. The molecule has 1 aromatic carbocycles. The van der Waals surface area contributed by atoms with Crippen molar-refractivity contribution >= 4 is 22.5 Å². The van der Waals surface area contributed by atoms with Crippen LogP contribution in [0.4, 0.5) is 5.82 Å². The summed E-state index contributed by atoms with van der Waals surface area (Å²) >= 11 is 0. The summed E-state index contributed by atoms with van der Waals surface area (Å²) in [7, 11) is 0. The van der Waals surface area contributed by atoms with Crippen LogP contribution in [0.2, 0.25) is 0 Å². The molecule has 1 atom stereocenters. The fourth-order valence-corrected chi connectivity index (χ4v) is 1.95. The van der Waals surface area contributed by atoms with Crippen LogP contribution in [-0.4, -0.2) is 28.1 Å². The lowest BCUT2D eigenvalue weighted by molar-refractivity contribution is -0.122. The van der Waals surface area contributed by atoms with E-state index in [1.807, 2.05) is 26.0 Å². The summed E-state index contributed by atoms with van der Waals surface area (Å²) in [6.45, 7) is 5.61. The molecule has 106 valence electrons. The average Bonchev–Trinajstić information content (AvgIpc) is 2.38. The van der Waals surface area contributed by atoms with Crippen LogP contribution in [0.5, 0.6) is 5.75 Å². The molecule has 2 aromatic rings. The van der Waals surface area contributed by atoms with Gasteiger partial charge in [-0.1, -0.05) is 6.07 Å². The Morgan fingerprint density at radius 1 is 1.25 bits per heavy atom. The highest BCUT2D eigenvalue weighted by atomic mass is 16.3. The fraction of sp³-hybridized carbons (Fsp3) is 0.333. The fourth-order valence-electron chi connectivity index (χ4n) is 1.95. The number of carbonyl (C=O) groups excluding carboxylic acids is 1. The third-order valence-electron chi connectivity index (χ3n) is 2.93. The summed E-state index contributed by atoms with van der Waals surface area (Å²) in [6, 6.07) is 6.63. The Morgan fingerprint density at radius 3 is 2.70 bits per heavy atom. The molecular formula is C15H19N3O2. The summed E-state index contributed by atoms with van der Waals surface area (Å²) in [5.74, 6) is 0.677. The van der Waals surface area contributed by atoms with Gasteiger partial charge in [-0.3, -0.25) is 4.79 Å². The average molecular weight is 273 g/mol. The van der Waals surface area contributed by atoms with Gasteiger partial charge in [0.1, 0.15) is 17.6 Å². The second-order valence-electron chi connectivity index (χ2n) is 5.09. The molecule has 0 fully saturated rings. The molecule has 0 bridgehead atoms. The van der Waals surface area contributed by atoms with E-state index in [1.54, 1.807) is 25.3 Å². The Bertz CT molecular complexity index is 626. The van der Waals surface area contributed by atoms with Gasteiger partial charge in [0.15, 0.2) is 0 Å². The van der Waals surface area contributed by atoms with E-state index in [0.29, 0.717) is 5.82 Å². The Labute approximate surface area is 118 Å². The number of hydrogen-bond acceptors (Lipinski definition) is 4. The predicted molar refractivity (Wildman–Crippen MR) is 79.8 cm³/mol. The van der Waals surface area contributed by atoms with Crippen molar-refractivity contribution in [2.24, 2.45) is 0 Å². The number of fused-ring (bicyclic) bond motifs is 1. The highest BCUT2D eigenvalue weighted by Crippen LogP contribution is 2.25. The number of phenolic OH excluding ortho intramolecular Hbond substituents is 1. The van der Waals surface area contributed by atoms with Gasteiger partial charge >= 0.3 is 0 Å². The number of hydrogen-bond donors (Lipinski definition) is 3. The molecule has 0 spiro atoms. The van der Waals surface area contributed by atoms with Crippen LogP contribution in [0.3, 0.4) is 0 Å². The lowest BCUT2D eigenvalue weighted by Gasteiger charge is -2.17. The minimum Gasteiger partial charge on any atom is -0.508 e. The van der Waals surface area contributed by atoms with Gasteiger partial charge in [-0.05, 0) is 44.4 Å². The van der Waals surface area contributed by atoms with E-state index in [-0.39, 0.29) is 17.7 Å². The van der Waals surface area contributed by atoms with Crippen molar-refractivity contribution in [3.8, 4) is 5.75 Å². The summed E-state index contributed by atoms with van der Waals surface area (Å²) in [6.07, 6.45) is 1.68. The van der Waals surface area contributed by atoms with Gasteiger partial charge in [-0.2, -0.15) is 0 Å². The molecule has 20 heavy (non-hydrogen) atoms. The van der Waals surface area contributed by atoms with Crippen LogP contribution < -0.4 is 10.6 Å². The summed E-state index contributed by atoms with van der Waals surface area (Å²) < 4.78 is 0. The summed E-state index contributed by atoms with van der Waals surface area (Å²) in [5, 5.41) is 17.3. The lowest BCUT2D eigenvalue weighted by Crippen LogP contribution is -2.41. The van der Waals surface area contributed by atoms with Crippen LogP contribution in [0.15, 0.2) is 30.5 Å². The highest BCUT2D eigenvalue weighted by Gasteiger charge is 2.15. The third kappa shape index (κ3) is 3.17. The van der Waals surface area contributed by atoms with Gasteiger partial charge in [-0.15, -0.1) is 0 Å². The van der Waals surface area contributed by atoms with E-state index in [1.165, 1.54) is 0 Å². The number of phenols is 1. The predicted octanol–water partition coefficient (Wildman–Crippen LogP) is 2.27. The minimum atomic E-state index is -0.405. The maximum Gasteiger partial charge on any atom is 0.242 e. The van der Waals surface area contributed by atoms with Crippen molar-refractivity contribution in [1.29, 1.82) is 0 Å². The number of carbonyl (C=O) groups is 1. The second kappa shape index (κ2) is 5.77. The zero-order valence-electron chi connectivity index (χ0n) is 11.8. The first kappa shape index (κ1) is 14.1. The Balaban J connectivity index is 2.25. The molecule has 0 aliphatic carbocycles. The molecule has 0 radical (unpaired) electrons. The van der Waals surface area contributed by atoms with Gasteiger partial charge in [0.05, 0.1) is 0 Å². The first-order chi connectivity index (χ1) is 9.47. The number of aromatic nitrogens is 1. The van der Waals surface area contributed by atoms with Crippen molar-refractivity contribution < 1.29 is 9.90 Å². The van der Waals surface area contributed by atoms with E-state index >= 15 is 0 Å². The zero-order valence-corrected chi connectivity index (χ0v) is 11.8. The number of pyridine rings is 1. The van der Waals surface area contributed by atoms with Gasteiger partial charge < -0.3 is 15.7 Å². The van der Waals surface area contributed by atoms with Gasteiger partial charge in [-0.25, -0.2) is 4.98 Å². The SMILES string of the molecule is CC(C)NC(=O)C(C)Nc1nccc2ccc(O)cc12. The lowest BCUT2D eigenvalue weighted by atomic mass is 10.1. The zero-order chi connectivity index (χ0) is 14.7. The Kier molecular flexibility index (Phi) is 4.08. The van der Waals surface area contributed by atoms with Crippen LogP contribution >= 0.6 is 0 Å². The number of amides is 1. The van der Waals surface area contributed by atoms with E-state index in [0.717, 1.165) is 10.8 Å². The minimum absolute atomic E-state index is 0.0843. The molecule has 1 heterocycles. The van der Waals surface area contributed by atoms with Crippen molar-refractivity contribution in [2.75, 3.05) is 5.32 Å². The van der Waals surface area contributed by atoms with Crippen molar-refractivity contribution in [2.45, 2.75) is 32.9 Å². The van der Waals surface area contributed by atoms with Crippen LogP contribution in [-0.2, 0) is 4.79 Å². The molecule has 2 rings (SSSR count). The van der Waals surface area contributed by atoms with E-state index in [2.05, 4.69) is 15.6 Å². The Morgan fingerprint density at radius 2 is 2.00 bits per heavy atom. The topological polar surface area (TPSA) is 74.2 Å². The van der Waals surface area contributed by atoms with Crippen molar-refractivity contribution in [1.82, 2.24) is 10.3 Å². The van der Waals surface area contributed by atoms with Crippen molar-refractivity contribution in [3.63, 3.8) is 0 Å². The van der Waals surface area contributed by atoms with Crippen LogP contribution in [0.1, 0.15) is 20.8 Å². The molecular weight excluding hydrogens is 254 g/mol. The monoisotopic (exact) mass is 273 g/mol. The number of benzene rings is 1. The van der Waals surface area contributed by atoms with E-state index in [4.69, 9.17) is 0 Å². The number of anilines is 1. The van der Waals surface area contributed by atoms with Gasteiger partial charge in [0.2, 0.25) is 5.91 Å². The molecule has 0 saturated carbocycles. The molecule has 0 saturated heterocycles. The third-order valence-corrected chi connectivity index (χ3v) is 2.93. The molecule has 1 unspecified atom stereocenters. The maximum atomic E-state index is 11.9. The normalized spacial score (nSPS) is 12.4. The number of aromatic hydroxyl groups is 1. The largest absolute Gasteiger partial charge is 0.508 e. The number of nitrogens with zero attached hydrogens (tertiary/aromatic N) is 1. The van der Waals surface area contributed by atoms with Crippen molar-refractivity contribution in [3.05, 3.63) is 30.5 Å². The molecule has 3 N–H and O–H groups in total. The molecule has 5 heteroatoms. The number of nitrogens with one attached hydrogen (secondary N) is 2. The Hall–Kier alpha value is -2.30. The summed E-state index contributed by atoms with van der Waals surface area (Å²) in [4.78, 5) is 16.2. The standard InChI is InChI=1S/C15H19N3O2/c1-9(2)17-15(20)10(3)18-14-13-8-12(19)5-4-11(13)6-7-16-14/h4-10,19H,1-3H3,(H,16,18)(H,17,20). The van der Waals surface area contributed by atoms with Crippen LogP contribution in [0, 0.1) is 0 Å². The molecule has 1 aromatic heterocycles. The first-order valence-corrected chi connectivity index (χ1v) is 6.62. The molecule has 5 nitrogen and oxygen atoms in total. The van der Waals surface area contributed by atoms with E-state index < -0.39 is 6.04 Å². The molecule has 0 aliphatic rings. The van der Waals surface area contributed by atoms with Crippen LogP contribution in [0.25, 0.3) is 10.8 Å². The maximum absolute atomic E-state index is 11.9. The molecule has 0 aliphatic heterocycles. The smallest absolute Gasteiger partial charge is 0.242 e. The first-order valence-electron chi connectivity index (χ1n) is 6.62. The quantitative estimate of drug-likeness (QED) is 0.799. The second-order valence-corrected chi connectivity index (χ2v) is 5.09. The van der Waals surface area contributed by atoms with Gasteiger partial charge in [0.25, 0.3) is 0 Å². The van der Waals surface area contributed by atoms with Gasteiger partial charge in [0, 0.05) is 17.6 Å². The highest BCUT2D eigenvalue weighted by molar-refractivity contribution is 5.94.